The highest BCUT2D eigenvalue weighted by molar-refractivity contribution is 5.76. The fourth-order valence-electron chi connectivity index (χ4n) is 4.66. The molecule has 0 fully saturated rings. The van der Waals surface area contributed by atoms with Crippen molar-refractivity contribution in [1.82, 2.24) is 34.9 Å². The van der Waals surface area contributed by atoms with Crippen LogP contribution in [0.2, 0.25) is 0 Å². The first-order chi connectivity index (χ1) is 19.4. The molecule has 0 saturated heterocycles. The number of benzene rings is 3. The molecule has 7 heteroatoms. The summed E-state index contributed by atoms with van der Waals surface area (Å²) in [5.41, 5.74) is 7.89. The van der Waals surface area contributed by atoms with Crippen molar-refractivity contribution >= 4 is 0 Å². The molecule has 0 bridgehead atoms. The van der Waals surface area contributed by atoms with Crippen LogP contribution in [-0.2, 0) is 0 Å². The lowest BCUT2D eigenvalue weighted by Gasteiger charge is -2.12. The van der Waals surface area contributed by atoms with Crippen LogP contribution in [0.4, 0.5) is 0 Å². The third-order valence-electron chi connectivity index (χ3n) is 6.37. The standard InChI is InChI=1S/C33H27N7/c1-20-15-21(2)35-31(34-20)26-17-27(32-36-22(3)16-23(4)37-32)19-28(18-26)33-39-29(24-11-7-5-8-12-24)38-30(40-33)25-13-9-6-10-14-25/h5-19H,1-4H3. The molecule has 7 nitrogen and oxygen atoms in total. The first-order valence-corrected chi connectivity index (χ1v) is 13.1. The van der Waals surface area contributed by atoms with E-state index < -0.39 is 0 Å². The average molecular weight is 522 g/mol. The maximum absolute atomic E-state index is 4.94. The summed E-state index contributed by atoms with van der Waals surface area (Å²) in [4.78, 5) is 33.6. The Morgan fingerprint density at radius 1 is 0.300 bits per heavy atom. The summed E-state index contributed by atoms with van der Waals surface area (Å²) < 4.78 is 0. The molecule has 0 aliphatic carbocycles. The van der Waals surface area contributed by atoms with Gasteiger partial charge in [-0.3, -0.25) is 0 Å². The van der Waals surface area contributed by atoms with Gasteiger partial charge in [-0.25, -0.2) is 34.9 Å². The molecule has 0 N–H and O–H groups in total. The van der Waals surface area contributed by atoms with Crippen LogP contribution in [0.3, 0.4) is 0 Å². The van der Waals surface area contributed by atoms with E-state index in [9.17, 15) is 0 Å². The molecule has 0 unspecified atom stereocenters. The first-order valence-electron chi connectivity index (χ1n) is 13.1. The van der Waals surface area contributed by atoms with Crippen molar-refractivity contribution in [2.75, 3.05) is 0 Å². The third kappa shape index (κ3) is 5.35. The zero-order valence-electron chi connectivity index (χ0n) is 22.8. The summed E-state index contributed by atoms with van der Waals surface area (Å²) in [6.45, 7) is 7.89. The van der Waals surface area contributed by atoms with Crippen LogP contribution in [0, 0.1) is 27.7 Å². The van der Waals surface area contributed by atoms with Gasteiger partial charge in [0.25, 0.3) is 0 Å². The van der Waals surface area contributed by atoms with E-state index in [1.807, 2.05) is 119 Å². The van der Waals surface area contributed by atoms with E-state index in [2.05, 4.69) is 0 Å². The SMILES string of the molecule is Cc1cc(C)nc(-c2cc(-c3nc(C)cc(C)n3)cc(-c3nc(-c4ccccc4)nc(-c4ccccc4)n3)c2)n1. The molecule has 3 aromatic carbocycles. The van der Waals surface area contributed by atoms with E-state index in [-0.39, 0.29) is 0 Å². The average Bonchev–Trinajstić information content (AvgIpc) is 2.96. The highest BCUT2D eigenvalue weighted by Crippen LogP contribution is 2.31. The highest BCUT2D eigenvalue weighted by Gasteiger charge is 2.16. The molecular weight excluding hydrogens is 494 g/mol. The number of aryl methyl sites for hydroxylation is 4. The van der Waals surface area contributed by atoms with E-state index >= 15 is 0 Å². The lowest BCUT2D eigenvalue weighted by molar-refractivity contribution is 1.05. The summed E-state index contributed by atoms with van der Waals surface area (Å²) >= 11 is 0. The summed E-state index contributed by atoms with van der Waals surface area (Å²) in [5.74, 6) is 3.00. The van der Waals surface area contributed by atoms with E-state index in [0.29, 0.717) is 29.1 Å². The fourth-order valence-corrected chi connectivity index (χ4v) is 4.66. The Morgan fingerprint density at radius 2 is 0.575 bits per heavy atom. The van der Waals surface area contributed by atoms with Crippen molar-refractivity contribution in [2.24, 2.45) is 0 Å². The lowest BCUT2D eigenvalue weighted by atomic mass is 10.0. The Balaban J connectivity index is 1.61. The van der Waals surface area contributed by atoms with Gasteiger partial charge in [0, 0.05) is 50.6 Å². The molecular formula is C33H27N7. The van der Waals surface area contributed by atoms with E-state index in [1.165, 1.54) is 0 Å². The molecule has 3 heterocycles. The molecule has 40 heavy (non-hydrogen) atoms. The van der Waals surface area contributed by atoms with Gasteiger partial charge in [-0.15, -0.1) is 0 Å². The molecule has 6 aromatic rings. The molecule has 0 aliphatic rings. The van der Waals surface area contributed by atoms with Crippen LogP contribution < -0.4 is 0 Å². The van der Waals surface area contributed by atoms with Crippen molar-refractivity contribution in [3.05, 3.63) is 114 Å². The van der Waals surface area contributed by atoms with Crippen LogP contribution in [0.1, 0.15) is 22.8 Å². The fraction of sp³-hybridized carbons (Fsp3) is 0.121. The van der Waals surface area contributed by atoms with Crippen LogP contribution in [0.25, 0.3) is 56.9 Å². The molecule has 0 spiro atoms. The van der Waals surface area contributed by atoms with Crippen molar-refractivity contribution in [3.8, 4) is 56.9 Å². The predicted octanol–water partition coefficient (Wildman–Crippen LogP) is 7.02. The molecule has 0 amide bonds. The highest BCUT2D eigenvalue weighted by atomic mass is 15.0. The molecule has 0 radical (unpaired) electrons. The van der Waals surface area contributed by atoms with E-state index in [1.54, 1.807) is 0 Å². The largest absolute Gasteiger partial charge is 0.233 e. The van der Waals surface area contributed by atoms with E-state index in [4.69, 9.17) is 34.9 Å². The van der Waals surface area contributed by atoms with Gasteiger partial charge in [0.1, 0.15) is 0 Å². The van der Waals surface area contributed by atoms with Crippen LogP contribution in [0.5, 0.6) is 0 Å². The zero-order valence-corrected chi connectivity index (χ0v) is 22.8. The van der Waals surface area contributed by atoms with Gasteiger partial charge < -0.3 is 0 Å². The lowest BCUT2D eigenvalue weighted by Crippen LogP contribution is -2.02. The quantitative estimate of drug-likeness (QED) is 0.241. The van der Waals surface area contributed by atoms with Crippen molar-refractivity contribution in [1.29, 1.82) is 0 Å². The Bertz CT molecular complexity index is 1670. The number of hydrogen-bond acceptors (Lipinski definition) is 7. The van der Waals surface area contributed by atoms with Gasteiger partial charge in [-0.05, 0) is 58.0 Å². The van der Waals surface area contributed by atoms with Crippen molar-refractivity contribution < 1.29 is 0 Å². The Kier molecular flexibility index (Phi) is 6.62. The topological polar surface area (TPSA) is 90.2 Å². The normalized spacial score (nSPS) is 11.0. The Labute approximate surface area is 233 Å². The Morgan fingerprint density at radius 3 is 0.900 bits per heavy atom. The second kappa shape index (κ2) is 10.5. The summed E-state index contributed by atoms with van der Waals surface area (Å²) in [5, 5.41) is 0. The minimum Gasteiger partial charge on any atom is -0.233 e. The van der Waals surface area contributed by atoms with Crippen molar-refractivity contribution in [2.45, 2.75) is 27.7 Å². The minimum absolute atomic E-state index is 0.546. The molecule has 6 rings (SSSR count). The summed E-state index contributed by atoms with van der Waals surface area (Å²) in [7, 11) is 0. The van der Waals surface area contributed by atoms with Gasteiger partial charge in [0.2, 0.25) is 0 Å². The van der Waals surface area contributed by atoms with Gasteiger partial charge in [-0.1, -0.05) is 60.7 Å². The second-order valence-electron chi connectivity index (χ2n) is 9.79. The van der Waals surface area contributed by atoms with Crippen LogP contribution in [-0.4, -0.2) is 34.9 Å². The first kappa shape index (κ1) is 25.1. The summed E-state index contributed by atoms with van der Waals surface area (Å²) in [6.07, 6.45) is 0. The molecule has 0 saturated carbocycles. The smallest absolute Gasteiger partial charge is 0.164 e. The van der Waals surface area contributed by atoms with Crippen LogP contribution >= 0.6 is 0 Å². The maximum atomic E-state index is 4.94. The van der Waals surface area contributed by atoms with Gasteiger partial charge in [0.15, 0.2) is 29.1 Å². The van der Waals surface area contributed by atoms with Gasteiger partial charge in [0.05, 0.1) is 0 Å². The number of aromatic nitrogens is 7. The zero-order chi connectivity index (χ0) is 27.6. The maximum Gasteiger partial charge on any atom is 0.164 e. The van der Waals surface area contributed by atoms with E-state index in [0.717, 1.165) is 50.6 Å². The van der Waals surface area contributed by atoms with Crippen molar-refractivity contribution in [3.63, 3.8) is 0 Å². The number of nitrogens with zero attached hydrogens (tertiary/aromatic N) is 7. The minimum atomic E-state index is 0.546. The third-order valence-corrected chi connectivity index (χ3v) is 6.37. The Hall–Kier alpha value is -5.17. The molecule has 0 atom stereocenters. The molecule has 0 aliphatic heterocycles. The monoisotopic (exact) mass is 521 g/mol. The molecule has 194 valence electrons. The number of hydrogen-bond donors (Lipinski definition) is 0. The predicted molar refractivity (Wildman–Crippen MR) is 157 cm³/mol. The molecule has 3 aromatic heterocycles. The second-order valence-corrected chi connectivity index (χ2v) is 9.79. The van der Waals surface area contributed by atoms with Gasteiger partial charge >= 0.3 is 0 Å². The summed E-state index contributed by atoms with van der Waals surface area (Å²) in [6, 6.07) is 29.9. The number of rotatable bonds is 5. The van der Waals surface area contributed by atoms with Crippen LogP contribution in [0.15, 0.2) is 91.0 Å². The van der Waals surface area contributed by atoms with Gasteiger partial charge in [-0.2, -0.15) is 0 Å².